The Labute approximate surface area is 101 Å². The molecule has 2 nitrogen and oxygen atoms in total. The van der Waals surface area contributed by atoms with Gasteiger partial charge in [0.2, 0.25) is 0 Å². The lowest BCUT2D eigenvalue weighted by atomic mass is 10.1. The van der Waals surface area contributed by atoms with Crippen LogP contribution in [0.15, 0.2) is 24.3 Å². The maximum Gasteiger partial charge on any atom is 0.0494 e. The number of hydrogen-bond donors (Lipinski definition) is 2. The first-order valence-corrected chi connectivity index (χ1v) is 6.62. The van der Waals surface area contributed by atoms with E-state index in [1.807, 2.05) is 11.3 Å². The predicted molar refractivity (Wildman–Crippen MR) is 68.7 cm³/mol. The van der Waals surface area contributed by atoms with Gasteiger partial charge in [0.15, 0.2) is 0 Å². The van der Waals surface area contributed by atoms with Gasteiger partial charge in [-0.15, -0.1) is 11.3 Å². The van der Waals surface area contributed by atoms with Crippen molar-refractivity contribution in [3.05, 3.63) is 34.0 Å². The van der Waals surface area contributed by atoms with Crippen molar-refractivity contribution < 1.29 is 5.11 Å². The molecule has 1 aliphatic rings. The van der Waals surface area contributed by atoms with Crippen LogP contribution in [0.5, 0.6) is 0 Å². The second-order valence-corrected chi connectivity index (χ2v) is 5.83. The van der Waals surface area contributed by atoms with Gasteiger partial charge >= 0.3 is 0 Å². The molecule has 0 aromatic carbocycles. The molecule has 0 spiro atoms. The molecule has 1 aromatic heterocycles. The van der Waals surface area contributed by atoms with Crippen molar-refractivity contribution in [3.63, 3.8) is 0 Å². The van der Waals surface area contributed by atoms with Crippen LogP contribution in [0.1, 0.15) is 29.1 Å². The van der Waals surface area contributed by atoms with E-state index in [1.54, 1.807) is 0 Å². The highest BCUT2D eigenvalue weighted by Crippen LogP contribution is 2.25. The molecule has 0 fully saturated rings. The summed E-state index contributed by atoms with van der Waals surface area (Å²) in [6, 6.07) is 5.17. The molecule has 0 saturated heterocycles. The molecule has 0 saturated carbocycles. The van der Waals surface area contributed by atoms with E-state index >= 15 is 0 Å². The number of aryl methyl sites for hydroxylation is 1. The maximum atomic E-state index is 9.06. The molecule has 0 radical (unpaired) electrons. The van der Waals surface area contributed by atoms with Crippen LogP contribution < -0.4 is 5.32 Å². The molecule has 3 atom stereocenters. The maximum absolute atomic E-state index is 9.06. The lowest BCUT2D eigenvalue weighted by Gasteiger charge is -2.18. The van der Waals surface area contributed by atoms with Gasteiger partial charge in [-0.1, -0.05) is 12.2 Å². The molecule has 1 aliphatic carbocycles. The summed E-state index contributed by atoms with van der Waals surface area (Å²) in [5.74, 6) is 0.342. The van der Waals surface area contributed by atoms with Crippen LogP contribution in [0.2, 0.25) is 0 Å². The van der Waals surface area contributed by atoms with Crippen LogP contribution in [0, 0.1) is 12.8 Å². The van der Waals surface area contributed by atoms with E-state index in [4.69, 9.17) is 5.11 Å². The molecule has 2 rings (SSSR count). The van der Waals surface area contributed by atoms with Gasteiger partial charge in [-0.25, -0.2) is 0 Å². The first kappa shape index (κ1) is 11.8. The zero-order valence-electron chi connectivity index (χ0n) is 9.81. The third kappa shape index (κ3) is 2.73. The van der Waals surface area contributed by atoms with E-state index in [2.05, 4.69) is 43.4 Å². The van der Waals surface area contributed by atoms with Gasteiger partial charge in [-0.05, 0) is 32.4 Å². The monoisotopic (exact) mass is 237 g/mol. The average Bonchev–Trinajstić information content (AvgIpc) is 2.87. The van der Waals surface area contributed by atoms with Crippen molar-refractivity contribution in [1.82, 2.24) is 5.32 Å². The zero-order valence-corrected chi connectivity index (χ0v) is 10.6. The van der Waals surface area contributed by atoms with E-state index in [0.717, 1.165) is 6.42 Å². The third-order valence-electron chi connectivity index (χ3n) is 3.06. The van der Waals surface area contributed by atoms with Crippen molar-refractivity contribution in [1.29, 1.82) is 0 Å². The van der Waals surface area contributed by atoms with E-state index in [0.29, 0.717) is 18.0 Å². The summed E-state index contributed by atoms with van der Waals surface area (Å²) in [6.45, 7) is 4.60. The molecule has 88 valence electrons. The van der Waals surface area contributed by atoms with E-state index in [-0.39, 0.29) is 6.61 Å². The van der Waals surface area contributed by atoms with Crippen molar-refractivity contribution in [2.45, 2.75) is 32.4 Å². The van der Waals surface area contributed by atoms with Crippen molar-refractivity contribution in [2.75, 3.05) is 6.61 Å². The Bertz CT molecular complexity index is 372. The minimum atomic E-state index is 0.265. The highest BCUT2D eigenvalue weighted by molar-refractivity contribution is 7.12. The predicted octanol–water partition coefficient (Wildman–Crippen LogP) is 2.64. The second kappa shape index (κ2) is 5.13. The standard InChI is InChI=1S/C13H19NOS/c1-9-3-6-13(16-9)10(2)14-12-5-4-11(7-12)8-15/h3-6,10-12,14-15H,7-8H2,1-2H3/t10?,11-,12+/m0/s1. The Hall–Kier alpha value is -0.640. The fourth-order valence-electron chi connectivity index (χ4n) is 2.12. The van der Waals surface area contributed by atoms with E-state index in [1.165, 1.54) is 9.75 Å². The second-order valence-electron chi connectivity index (χ2n) is 4.51. The number of rotatable bonds is 4. The van der Waals surface area contributed by atoms with Gasteiger partial charge in [0.25, 0.3) is 0 Å². The first-order chi connectivity index (χ1) is 7.69. The van der Waals surface area contributed by atoms with E-state index in [9.17, 15) is 0 Å². The lowest BCUT2D eigenvalue weighted by molar-refractivity contribution is 0.245. The lowest BCUT2D eigenvalue weighted by Crippen LogP contribution is -2.28. The molecule has 3 heteroatoms. The normalized spacial score (nSPS) is 26.2. The molecule has 0 amide bonds. The topological polar surface area (TPSA) is 32.3 Å². The van der Waals surface area contributed by atoms with Gasteiger partial charge in [-0.2, -0.15) is 0 Å². The van der Waals surface area contributed by atoms with Crippen LogP contribution in [0.25, 0.3) is 0 Å². The number of aliphatic hydroxyl groups excluding tert-OH is 1. The van der Waals surface area contributed by atoms with Gasteiger partial charge in [0, 0.05) is 34.4 Å². The Kier molecular flexibility index (Phi) is 3.79. The first-order valence-electron chi connectivity index (χ1n) is 5.80. The van der Waals surface area contributed by atoms with Gasteiger partial charge in [0.05, 0.1) is 0 Å². The van der Waals surface area contributed by atoms with Crippen LogP contribution in [0.3, 0.4) is 0 Å². The van der Waals surface area contributed by atoms with Crippen LogP contribution in [0.4, 0.5) is 0 Å². The van der Waals surface area contributed by atoms with Gasteiger partial charge < -0.3 is 10.4 Å². The summed E-state index contributed by atoms with van der Waals surface area (Å²) in [5, 5.41) is 12.6. The molecule has 2 N–H and O–H groups in total. The quantitative estimate of drug-likeness (QED) is 0.789. The average molecular weight is 237 g/mol. The number of aliphatic hydroxyl groups is 1. The molecule has 1 unspecified atom stereocenters. The fourth-order valence-corrected chi connectivity index (χ4v) is 3.01. The third-order valence-corrected chi connectivity index (χ3v) is 4.24. The summed E-state index contributed by atoms with van der Waals surface area (Å²) in [5.41, 5.74) is 0. The molecular weight excluding hydrogens is 218 g/mol. The molecular formula is C13H19NOS. The van der Waals surface area contributed by atoms with Crippen molar-refractivity contribution in [3.8, 4) is 0 Å². The SMILES string of the molecule is Cc1ccc(C(C)N[C@@H]2C=C[C@H](CO)C2)s1. The van der Waals surface area contributed by atoms with Crippen molar-refractivity contribution in [2.24, 2.45) is 5.92 Å². The van der Waals surface area contributed by atoms with Crippen molar-refractivity contribution >= 4 is 11.3 Å². The molecule has 1 heterocycles. The van der Waals surface area contributed by atoms with Gasteiger partial charge in [-0.3, -0.25) is 0 Å². The Morgan fingerprint density at radius 1 is 1.50 bits per heavy atom. The van der Waals surface area contributed by atoms with Crippen LogP contribution in [-0.4, -0.2) is 17.8 Å². The molecule has 1 aromatic rings. The summed E-state index contributed by atoms with van der Waals surface area (Å²) < 4.78 is 0. The molecule has 16 heavy (non-hydrogen) atoms. The highest BCUT2D eigenvalue weighted by atomic mass is 32.1. The highest BCUT2D eigenvalue weighted by Gasteiger charge is 2.20. The van der Waals surface area contributed by atoms with Gasteiger partial charge in [0.1, 0.15) is 0 Å². The minimum Gasteiger partial charge on any atom is -0.396 e. The Morgan fingerprint density at radius 3 is 2.88 bits per heavy atom. The number of thiophene rings is 1. The molecule has 0 bridgehead atoms. The Morgan fingerprint density at radius 2 is 2.31 bits per heavy atom. The Balaban J connectivity index is 1.89. The molecule has 0 aliphatic heterocycles. The van der Waals surface area contributed by atoms with E-state index < -0.39 is 0 Å². The number of hydrogen-bond acceptors (Lipinski definition) is 3. The fraction of sp³-hybridized carbons (Fsp3) is 0.538. The summed E-state index contributed by atoms with van der Waals surface area (Å²) in [6.07, 6.45) is 5.31. The minimum absolute atomic E-state index is 0.265. The number of nitrogens with one attached hydrogen (secondary N) is 1. The largest absolute Gasteiger partial charge is 0.396 e. The zero-order chi connectivity index (χ0) is 11.5. The summed E-state index contributed by atoms with van der Waals surface area (Å²) in [4.78, 5) is 2.75. The summed E-state index contributed by atoms with van der Waals surface area (Å²) in [7, 11) is 0. The van der Waals surface area contributed by atoms with Crippen LogP contribution >= 0.6 is 11.3 Å². The summed E-state index contributed by atoms with van der Waals surface area (Å²) >= 11 is 1.85. The van der Waals surface area contributed by atoms with Crippen LogP contribution in [-0.2, 0) is 0 Å². The smallest absolute Gasteiger partial charge is 0.0494 e.